The van der Waals surface area contributed by atoms with Crippen LogP contribution in [0.2, 0.25) is 0 Å². The third-order valence-corrected chi connectivity index (χ3v) is 3.13. The lowest BCUT2D eigenvalue weighted by atomic mass is 10.1. The molecule has 2 rings (SSSR count). The highest BCUT2D eigenvalue weighted by Gasteiger charge is 2.13. The minimum absolute atomic E-state index is 0.0524. The molecular weight excluding hydrogens is 284 g/mol. The third kappa shape index (κ3) is 4.46. The van der Waals surface area contributed by atoms with Crippen LogP contribution in [-0.2, 0) is 13.0 Å². The Morgan fingerprint density at radius 2 is 2.00 bits per heavy atom. The van der Waals surface area contributed by atoms with Gasteiger partial charge < -0.3 is 14.3 Å². The van der Waals surface area contributed by atoms with Crippen molar-refractivity contribution in [1.29, 1.82) is 0 Å². The van der Waals surface area contributed by atoms with Crippen LogP contribution >= 0.6 is 0 Å². The number of rotatable bonds is 7. The average molecular weight is 306 g/mol. The first-order valence-electron chi connectivity index (χ1n) is 7.44. The van der Waals surface area contributed by atoms with Crippen molar-refractivity contribution in [2.75, 3.05) is 6.61 Å². The van der Waals surface area contributed by atoms with E-state index in [9.17, 15) is 9.90 Å². The Balaban J connectivity index is 1.92. The number of hydrogen-bond donors (Lipinski definition) is 1. The van der Waals surface area contributed by atoms with E-state index in [-0.39, 0.29) is 13.2 Å². The second-order valence-corrected chi connectivity index (χ2v) is 5.48. The van der Waals surface area contributed by atoms with E-state index in [1.54, 1.807) is 0 Å². The Labute approximate surface area is 129 Å². The first kappa shape index (κ1) is 16.3. The van der Waals surface area contributed by atoms with E-state index in [0.717, 1.165) is 22.2 Å². The molecule has 6 nitrogen and oxygen atoms in total. The molecule has 1 aromatic heterocycles. The van der Waals surface area contributed by atoms with Crippen LogP contribution in [0.4, 0.5) is 0 Å². The summed E-state index contributed by atoms with van der Waals surface area (Å²) < 4.78 is 11.7. The fourth-order valence-electron chi connectivity index (χ4n) is 2.24. The van der Waals surface area contributed by atoms with Gasteiger partial charge in [-0.1, -0.05) is 13.0 Å². The first-order valence-corrected chi connectivity index (χ1v) is 7.44. The van der Waals surface area contributed by atoms with E-state index in [1.807, 2.05) is 39.0 Å². The summed E-state index contributed by atoms with van der Waals surface area (Å²) in [6.45, 7) is 6.09. The maximum absolute atomic E-state index is 11.6. The lowest BCUT2D eigenvalue weighted by molar-refractivity contribution is 0.0874. The normalized spacial score (nSPS) is 12.4. The molecule has 0 radical (unpaired) electrons. The van der Waals surface area contributed by atoms with Gasteiger partial charge in [0.1, 0.15) is 18.5 Å². The topological polar surface area (TPSA) is 77.5 Å². The molecule has 1 aromatic carbocycles. The molecule has 1 heterocycles. The van der Waals surface area contributed by atoms with Crippen molar-refractivity contribution >= 4 is 0 Å². The fourth-order valence-corrected chi connectivity index (χ4v) is 2.24. The lowest BCUT2D eigenvalue weighted by Gasteiger charge is -2.12. The Hall–Kier alpha value is -2.08. The van der Waals surface area contributed by atoms with Crippen molar-refractivity contribution in [3.05, 3.63) is 45.8 Å². The van der Waals surface area contributed by atoms with Crippen LogP contribution in [0, 0.1) is 13.8 Å². The predicted octanol–water partition coefficient (Wildman–Crippen LogP) is 1.85. The summed E-state index contributed by atoms with van der Waals surface area (Å²) in [6, 6.07) is 5.86. The van der Waals surface area contributed by atoms with Crippen molar-refractivity contribution in [2.45, 2.75) is 46.3 Å². The van der Waals surface area contributed by atoms with Crippen LogP contribution in [0.3, 0.4) is 0 Å². The Morgan fingerprint density at radius 1 is 1.32 bits per heavy atom. The smallest absolute Gasteiger partial charge is 0.437 e. The molecule has 0 aliphatic heterocycles. The summed E-state index contributed by atoms with van der Waals surface area (Å²) in [6.07, 6.45) is 0.619. The SMILES string of the molecule is CCCc1nn(CC(O)COc2cc(C)cc(C)c2)c(=O)o1. The molecule has 0 bridgehead atoms. The van der Waals surface area contributed by atoms with Crippen LogP contribution in [0.1, 0.15) is 30.4 Å². The maximum atomic E-state index is 11.6. The second-order valence-electron chi connectivity index (χ2n) is 5.48. The van der Waals surface area contributed by atoms with Gasteiger partial charge in [-0.3, -0.25) is 0 Å². The molecule has 6 heteroatoms. The third-order valence-electron chi connectivity index (χ3n) is 3.13. The van der Waals surface area contributed by atoms with Gasteiger partial charge in [0.15, 0.2) is 0 Å². The Morgan fingerprint density at radius 3 is 2.64 bits per heavy atom. The summed E-state index contributed by atoms with van der Waals surface area (Å²) in [5.41, 5.74) is 2.20. The average Bonchev–Trinajstić information content (AvgIpc) is 2.76. The number of benzene rings is 1. The first-order chi connectivity index (χ1) is 10.5. The van der Waals surface area contributed by atoms with Crippen LogP contribution < -0.4 is 10.5 Å². The van der Waals surface area contributed by atoms with E-state index < -0.39 is 11.9 Å². The Bertz CT molecular complexity index is 655. The highest BCUT2D eigenvalue weighted by atomic mass is 16.5. The molecule has 1 unspecified atom stereocenters. The fraction of sp³-hybridized carbons (Fsp3) is 0.500. The zero-order valence-corrected chi connectivity index (χ0v) is 13.2. The minimum atomic E-state index is -0.835. The summed E-state index contributed by atoms with van der Waals surface area (Å²) in [5, 5.41) is 14.0. The van der Waals surface area contributed by atoms with Crippen molar-refractivity contribution < 1.29 is 14.3 Å². The van der Waals surface area contributed by atoms with Crippen molar-refractivity contribution in [1.82, 2.24) is 9.78 Å². The largest absolute Gasteiger partial charge is 0.491 e. The van der Waals surface area contributed by atoms with Gasteiger partial charge in [-0.2, -0.15) is 4.68 Å². The van der Waals surface area contributed by atoms with Gasteiger partial charge in [-0.05, 0) is 43.5 Å². The minimum Gasteiger partial charge on any atom is -0.491 e. The van der Waals surface area contributed by atoms with E-state index in [1.165, 1.54) is 0 Å². The van der Waals surface area contributed by atoms with E-state index in [0.29, 0.717) is 18.1 Å². The summed E-state index contributed by atoms with van der Waals surface area (Å²) in [4.78, 5) is 11.6. The highest BCUT2D eigenvalue weighted by molar-refractivity contribution is 5.32. The molecule has 0 amide bonds. The molecule has 0 spiro atoms. The van der Waals surface area contributed by atoms with Gasteiger partial charge in [0.2, 0.25) is 5.89 Å². The number of aliphatic hydroxyl groups excluding tert-OH is 1. The van der Waals surface area contributed by atoms with Crippen LogP contribution in [0.5, 0.6) is 5.75 Å². The molecule has 0 fully saturated rings. The number of ether oxygens (including phenoxy) is 1. The molecule has 2 aromatic rings. The standard InChI is InChI=1S/C16H22N2O4/c1-4-5-15-17-18(16(20)22-15)9-13(19)10-21-14-7-11(2)6-12(3)8-14/h6-8,13,19H,4-5,9-10H2,1-3H3. The summed E-state index contributed by atoms with van der Waals surface area (Å²) >= 11 is 0. The molecular formula is C16H22N2O4. The van der Waals surface area contributed by atoms with Crippen LogP contribution in [0.15, 0.2) is 27.4 Å². The molecule has 1 atom stereocenters. The maximum Gasteiger partial charge on any atom is 0.437 e. The number of aliphatic hydroxyl groups is 1. The van der Waals surface area contributed by atoms with E-state index >= 15 is 0 Å². The van der Waals surface area contributed by atoms with E-state index in [4.69, 9.17) is 9.15 Å². The number of hydrogen-bond acceptors (Lipinski definition) is 5. The van der Waals surface area contributed by atoms with Gasteiger partial charge in [0, 0.05) is 6.42 Å². The monoisotopic (exact) mass is 306 g/mol. The number of aromatic nitrogens is 2. The summed E-state index contributed by atoms with van der Waals surface area (Å²) in [5.74, 6) is 0.555. The molecule has 22 heavy (non-hydrogen) atoms. The van der Waals surface area contributed by atoms with Gasteiger partial charge in [0.25, 0.3) is 0 Å². The van der Waals surface area contributed by atoms with Gasteiger partial charge in [0.05, 0.1) is 6.54 Å². The molecule has 0 saturated carbocycles. The molecule has 0 saturated heterocycles. The van der Waals surface area contributed by atoms with E-state index in [2.05, 4.69) is 5.10 Å². The molecule has 120 valence electrons. The van der Waals surface area contributed by atoms with Gasteiger partial charge >= 0.3 is 5.76 Å². The Kier molecular flexibility index (Phi) is 5.38. The van der Waals surface area contributed by atoms with Crippen LogP contribution in [0.25, 0.3) is 0 Å². The lowest BCUT2D eigenvalue weighted by Crippen LogP contribution is -2.29. The molecule has 0 aliphatic rings. The van der Waals surface area contributed by atoms with Crippen molar-refractivity contribution in [3.8, 4) is 5.75 Å². The molecule has 1 N–H and O–H groups in total. The zero-order chi connectivity index (χ0) is 16.1. The quantitative estimate of drug-likeness (QED) is 0.844. The van der Waals surface area contributed by atoms with Crippen LogP contribution in [-0.4, -0.2) is 27.6 Å². The second kappa shape index (κ2) is 7.26. The molecule has 0 aliphatic carbocycles. The number of aryl methyl sites for hydroxylation is 3. The van der Waals surface area contributed by atoms with Crippen molar-refractivity contribution in [2.24, 2.45) is 0 Å². The zero-order valence-electron chi connectivity index (χ0n) is 13.2. The van der Waals surface area contributed by atoms with Crippen molar-refractivity contribution in [3.63, 3.8) is 0 Å². The van der Waals surface area contributed by atoms with Gasteiger partial charge in [-0.15, -0.1) is 5.10 Å². The highest BCUT2D eigenvalue weighted by Crippen LogP contribution is 2.16. The summed E-state index contributed by atoms with van der Waals surface area (Å²) in [7, 11) is 0. The van der Waals surface area contributed by atoms with Gasteiger partial charge in [-0.25, -0.2) is 4.79 Å². The number of nitrogens with zero attached hydrogens (tertiary/aromatic N) is 2. The predicted molar refractivity (Wildman–Crippen MR) is 82.2 cm³/mol.